The predicted molar refractivity (Wildman–Crippen MR) is 95.4 cm³/mol. The van der Waals surface area contributed by atoms with E-state index in [1.54, 1.807) is 0 Å². The van der Waals surface area contributed by atoms with Crippen LogP contribution in [0.3, 0.4) is 0 Å². The molecule has 2 rings (SSSR count). The summed E-state index contributed by atoms with van der Waals surface area (Å²) in [5, 5.41) is 6.41. The van der Waals surface area contributed by atoms with Crippen molar-refractivity contribution in [2.24, 2.45) is 10.2 Å². The number of hydrogen-bond acceptors (Lipinski definition) is 8. The summed E-state index contributed by atoms with van der Waals surface area (Å²) in [5.41, 5.74) is 16.3. The molecule has 16 heteroatoms. The molecule has 0 fully saturated rings. The van der Waals surface area contributed by atoms with Crippen LogP contribution < -0.4 is 59.1 Å². The predicted octanol–water partition coefficient (Wildman–Crippen LogP) is -2.44. The Bertz CT molecular complexity index is 1180. The van der Waals surface area contributed by atoms with Crippen LogP contribution in [0.2, 0.25) is 0 Å². The van der Waals surface area contributed by atoms with Gasteiger partial charge in [-0.25, -0.2) is 16.8 Å². The summed E-state index contributed by atoms with van der Waals surface area (Å²) in [4.78, 5) is 3.57. The Morgan fingerprint density at radius 2 is 1.07 bits per heavy atom. The second kappa shape index (κ2) is 11.9. The fraction of sp³-hybridized carbons (Fsp3) is 0. The van der Waals surface area contributed by atoms with Crippen LogP contribution in [0.5, 0.6) is 0 Å². The normalized spacial score (nSPS) is 10.9. The Balaban J connectivity index is 0.00000420. The van der Waals surface area contributed by atoms with Gasteiger partial charge < -0.3 is 9.11 Å². The van der Waals surface area contributed by atoms with Gasteiger partial charge in [-0.15, -0.1) is 0 Å². The van der Waals surface area contributed by atoms with Gasteiger partial charge in [-0.2, -0.15) is 0 Å². The Kier molecular flexibility index (Phi) is 11.3. The molecule has 12 nitrogen and oxygen atoms in total. The molecule has 0 radical (unpaired) electrons. The first-order valence-corrected chi connectivity index (χ1v) is 9.86. The van der Waals surface area contributed by atoms with Crippen LogP contribution in [0.1, 0.15) is 11.1 Å². The van der Waals surface area contributed by atoms with E-state index in [-0.39, 0.29) is 81.6 Å². The molecule has 0 aliphatic heterocycles. The molecule has 0 heterocycles. The molecule has 0 saturated heterocycles. The Labute approximate surface area is 215 Å². The minimum Gasteiger partial charge on any atom is -0.744 e. The van der Waals surface area contributed by atoms with E-state index in [4.69, 9.17) is 11.1 Å². The molecule has 0 atom stereocenters. The van der Waals surface area contributed by atoms with Crippen molar-refractivity contribution >= 4 is 43.8 Å². The van der Waals surface area contributed by atoms with Crippen molar-refractivity contribution in [1.29, 1.82) is 0 Å². The van der Waals surface area contributed by atoms with Crippen molar-refractivity contribution in [2.45, 2.75) is 9.79 Å². The third-order valence-corrected chi connectivity index (χ3v) is 5.08. The number of nitrogens with zero attached hydrogens (tertiary/aromatic N) is 6. The number of benzene rings is 2. The topological polar surface area (TPSA) is 212 Å². The van der Waals surface area contributed by atoms with E-state index in [1.807, 2.05) is 0 Å². The Morgan fingerprint density at radius 3 is 1.33 bits per heavy atom. The van der Waals surface area contributed by atoms with E-state index in [0.717, 1.165) is 24.3 Å². The van der Waals surface area contributed by atoms with Gasteiger partial charge in [-0.3, -0.25) is 0 Å². The van der Waals surface area contributed by atoms with Crippen molar-refractivity contribution in [3.63, 3.8) is 0 Å². The summed E-state index contributed by atoms with van der Waals surface area (Å²) in [6.45, 7) is 0. The fourth-order valence-electron chi connectivity index (χ4n) is 2.16. The van der Waals surface area contributed by atoms with Crippen molar-refractivity contribution in [1.82, 2.24) is 0 Å². The van der Waals surface area contributed by atoms with Gasteiger partial charge in [0.05, 0.1) is 9.79 Å². The van der Waals surface area contributed by atoms with Gasteiger partial charge in [0.1, 0.15) is 20.2 Å². The molecular weight excluding hydrogens is 458 g/mol. The van der Waals surface area contributed by atoms with E-state index < -0.39 is 30.0 Å². The van der Waals surface area contributed by atoms with Crippen molar-refractivity contribution < 1.29 is 85.1 Å². The quantitative estimate of drug-likeness (QED) is 0.112. The minimum atomic E-state index is -4.95. The molecule has 0 N–H and O–H groups in total. The summed E-state index contributed by atoms with van der Waals surface area (Å²) in [5.74, 6) is 0. The van der Waals surface area contributed by atoms with E-state index in [2.05, 4.69) is 20.1 Å². The largest absolute Gasteiger partial charge is 1.00 e. The Hall–Kier alpha value is -1.38. The first-order valence-electron chi connectivity index (χ1n) is 7.04. The summed E-state index contributed by atoms with van der Waals surface area (Å²) in [6.07, 6.45) is 2.20. The smallest absolute Gasteiger partial charge is 0.744 e. The van der Waals surface area contributed by atoms with Crippen LogP contribution in [-0.4, -0.2) is 25.9 Å². The summed E-state index contributed by atoms with van der Waals surface area (Å²) >= 11 is 0. The third kappa shape index (κ3) is 7.71. The first kappa shape index (κ1) is 28.6. The molecule has 0 aliphatic rings. The molecule has 144 valence electrons. The number of rotatable bonds is 6. The van der Waals surface area contributed by atoms with Gasteiger partial charge >= 0.3 is 59.1 Å². The standard InChI is InChI=1S/C14H10N6O6S2.2Na/c15-19-17-11-5-3-9(13(7-11)27(21,22)23)1-2-10-4-6-12(18-20-16)8-14(10)28(24,25)26;;/h1-8H,(H,21,22,23)(H,24,25,26);;/q;2*+1/p-2. The molecule has 0 bridgehead atoms. The van der Waals surface area contributed by atoms with Gasteiger partial charge in [0, 0.05) is 21.2 Å². The number of hydrogen-bond donors (Lipinski definition) is 0. The molecule has 0 aliphatic carbocycles. The molecular formula is C14H8N6Na2O6S2. The second-order valence-corrected chi connectivity index (χ2v) is 7.76. The molecule has 0 saturated carbocycles. The number of azide groups is 2. The summed E-state index contributed by atoms with van der Waals surface area (Å²) < 4.78 is 68.7. The zero-order chi connectivity index (χ0) is 20.9. The van der Waals surface area contributed by atoms with Gasteiger partial charge in [0.25, 0.3) is 0 Å². The van der Waals surface area contributed by atoms with Crippen LogP contribution >= 0.6 is 0 Å². The SMILES string of the molecule is [N-]=[N+]=Nc1ccc(C=Cc2ccc(N=[N+]=[N-])cc2S(=O)(=O)[O-])c(S(=O)(=O)[O-])c1.[Na+].[Na+]. The minimum absolute atomic E-state index is 0. The van der Waals surface area contributed by atoms with E-state index in [0.29, 0.717) is 0 Å². The summed E-state index contributed by atoms with van der Waals surface area (Å²) in [7, 11) is -9.90. The van der Waals surface area contributed by atoms with Crippen LogP contribution in [0.25, 0.3) is 33.0 Å². The van der Waals surface area contributed by atoms with Crippen LogP contribution in [0, 0.1) is 0 Å². The zero-order valence-electron chi connectivity index (χ0n) is 15.6. The Morgan fingerprint density at radius 1 is 0.733 bits per heavy atom. The molecule has 2 aromatic rings. The average Bonchev–Trinajstić information content (AvgIpc) is 2.60. The van der Waals surface area contributed by atoms with Crippen LogP contribution in [0.4, 0.5) is 11.4 Å². The van der Waals surface area contributed by atoms with E-state index in [1.165, 1.54) is 24.3 Å². The first-order chi connectivity index (χ1) is 13.1. The van der Waals surface area contributed by atoms with Crippen molar-refractivity contribution in [3.05, 3.63) is 68.4 Å². The molecule has 0 amide bonds. The molecule has 30 heavy (non-hydrogen) atoms. The fourth-order valence-corrected chi connectivity index (χ4v) is 3.54. The monoisotopic (exact) mass is 466 g/mol. The maximum Gasteiger partial charge on any atom is 1.00 e. The molecule has 0 aromatic heterocycles. The van der Waals surface area contributed by atoms with E-state index >= 15 is 0 Å². The molecule has 0 spiro atoms. The third-order valence-electron chi connectivity index (χ3n) is 3.30. The van der Waals surface area contributed by atoms with E-state index in [9.17, 15) is 25.9 Å². The second-order valence-electron chi connectivity index (χ2n) is 5.06. The van der Waals surface area contributed by atoms with Crippen LogP contribution in [-0.2, 0) is 20.2 Å². The van der Waals surface area contributed by atoms with Gasteiger partial charge in [-0.05, 0) is 34.3 Å². The maximum atomic E-state index is 11.4. The maximum absolute atomic E-state index is 11.4. The van der Waals surface area contributed by atoms with Gasteiger partial charge in [0.2, 0.25) is 0 Å². The van der Waals surface area contributed by atoms with Crippen molar-refractivity contribution in [2.75, 3.05) is 0 Å². The molecule has 0 unspecified atom stereocenters. The molecule has 2 aromatic carbocycles. The van der Waals surface area contributed by atoms with Crippen molar-refractivity contribution in [3.8, 4) is 0 Å². The van der Waals surface area contributed by atoms with Crippen LogP contribution in [0.15, 0.2) is 56.4 Å². The summed E-state index contributed by atoms with van der Waals surface area (Å²) in [6, 6.07) is 6.54. The van der Waals surface area contributed by atoms with Gasteiger partial charge in [0.15, 0.2) is 0 Å². The van der Waals surface area contributed by atoms with Gasteiger partial charge in [-0.1, -0.05) is 46.6 Å². The zero-order valence-corrected chi connectivity index (χ0v) is 21.2. The average molecular weight is 466 g/mol.